The Labute approximate surface area is 156 Å². The molecule has 0 aromatic heterocycles. The van der Waals surface area contributed by atoms with Gasteiger partial charge in [0, 0.05) is 18.8 Å². The Hall–Kier alpha value is -1.17. The second-order valence-corrected chi connectivity index (χ2v) is 7.96. The van der Waals surface area contributed by atoms with Gasteiger partial charge in [0.1, 0.15) is 0 Å². The van der Waals surface area contributed by atoms with Gasteiger partial charge >= 0.3 is 5.97 Å². The Morgan fingerprint density at radius 1 is 1.15 bits per heavy atom. The van der Waals surface area contributed by atoms with Gasteiger partial charge in [-0.1, -0.05) is 37.6 Å². The predicted octanol–water partition coefficient (Wildman–Crippen LogP) is 2.90. The summed E-state index contributed by atoms with van der Waals surface area (Å²) in [5.41, 5.74) is 0. The summed E-state index contributed by atoms with van der Waals surface area (Å²) in [4.78, 5) is 10.5. The number of carbonyl (C=O) groups is 1. The number of aliphatic hydroxyl groups excluding tert-OH is 3. The topological polar surface area (TPSA) is 98.0 Å². The van der Waals surface area contributed by atoms with E-state index in [1.54, 1.807) is 6.08 Å². The maximum atomic E-state index is 10.5. The first-order valence-electron chi connectivity index (χ1n) is 10.0. The first-order valence-corrected chi connectivity index (χ1v) is 10.0. The zero-order valence-electron chi connectivity index (χ0n) is 15.7. The quantitative estimate of drug-likeness (QED) is 0.333. The van der Waals surface area contributed by atoms with E-state index < -0.39 is 24.3 Å². The smallest absolute Gasteiger partial charge is 0.303 e. The average molecular weight is 366 g/mol. The fraction of sp³-hybridized carbons (Fsp3) is 0.762. The standard InChI is InChI=1S/C21H34O5/c1-2-14-11-15(14)12-16(22)9-10-18-17(19(23)13-20(18)24)7-5-3-4-6-8-21(25)26/h3,5,9-10,14-20,22-24H,2,4,6-8,11-13H2,1H3,(H,25,26)/b5-3-,10-9+/t14?,15?,16?,17-,18-,19+,20-/m1/s1. The summed E-state index contributed by atoms with van der Waals surface area (Å²) in [7, 11) is 0. The van der Waals surface area contributed by atoms with Crippen LogP contribution in [0, 0.1) is 23.7 Å². The monoisotopic (exact) mass is 366 g/mol. The molecule has 0 aromatic rings. The normalized spacial score (nSPS) is 35.4. The van der Waals surface area contributed by atoms with E-state index in [0.29, 0.717) is 31.6 Å². The summed E-state index contributed by atoms with van der Waals surface area (Å²) < 4.78 is 0. The van der Waals surface area contributed by atoms with Gasteiger partial charge in [-0.3, -0.25) is 4.79 Å². The van der Waals surface area contributed by atoms with Gasteiger partial charge in [-0.2, -0.15) is 0 Å². The maximum absolute atomic E-state index is 10.5. The summed E-state index contributed by atoms with van der Waals surface area (Å²) in [6, 6.07) is 0. The first kappa shape index (κ1) is 21.1. The Balaban J connectivity index is 1.79. The molecule has 0 spiro atoms. The largest absolute Gasteiger partial charge is 0.481 e. The summed E-state index contributed by atoms with van der Waals surface area (Å²) in [5.74, 6) is 0.394. The van der Waals surface area contributed by atoms with Crippen molar-refractivity contribution >= 4 is 5.97 Å². The second kappa shape index (κ2) is 10.2. The van der Waals surface area contributed by atoms with Crippen molar-refractivity contribution in [1.82, 2.24) is 0 Å². The van der Waals surface area contributed by atoms with Crippen LogP contribution in [-0.2, 0) is 4.79 Å². The minimum absolute atomic E-state index is 0.0616. The van der Waals surface area contributed by atoms with Crippen molar-refractivity contribution in [2.24, 2.45) is 23.7 Å². The van der Waals surface area contributed by atoms with Crippen molar-refractivity contribution in [3.8, 4) is 0 Å². The van der Waals surface area contributed by atoms with Crippen molar-refractivity contribution in [2.75, 3.05) is 0 Å². The maximum Gasteiger partial charge on any atom is 0.303 e. The molecule has 2 fully saturated rings. The zero-order chi connectivity index (χ0) is 19.1. The van der Waals surface area contributed by atoms with Crippen LogP contribution in [0.5, 0.6) is 0 Å². The van der Waals surface area contributed by atoms with Crippen LogP contribution in [0.1, 0.15) is 58.3 Å². The van der Waals surface area contributed by atoms with Crippen LogP contribution in [0.2, 0.25) is 0 Å². The van der Waals surface area contributed by atoms with E-state index >= 15 is 0 Å². The van der Waals surface area contributed by atoms with E-state index in [1.165, 1.54) is 12.8 Å². The number of aliphatic carboxylic acids is 1. The summed E-state index contributed by atoms with van der Waals surface area (Å²) in [5, 5.41) is 39.3. The zero-order valence-corrected chi connectivity index (χ0v) is 15.7. The summed E-state index contributed by atoms with van der Waals surface area (Å²) in [6.07, 6.45) is 11.7. The highest BCUT2D eigenvalue weighted by Crippen LogP contribution is 2.44. The van der Waals surface area contributed by atoms with Crippen molar-refractivity contribution in [3.63, 3.8) is 0 Å². The van der Waals surface area contributed by atoms with Gasteiger partial charge in [0.2, 0.25) is 0 Å². The molecule has 0 heterocycles. The Kier molecular flexibility index (Phi) is 8.32. The molecule has 26 heavy (non-hydrogen) atoms. The van der Waals surface area contributed by atoms with Crippen LogP contribution < -0.4 is 0 Å². The van der Waals surface area contributed by atoms with E-state index in [1.807, 2.05) is 18.2 Å². The van der Waals surface area contributed by atoms with Crippen LogP contribution in [0.3, 0.4) is 0 Å². The van der Waals surface area contributed by atoms with Crippen molar-refractivity contribution in [2.45, 2.75) is 76.6 Å². The molecular formula is C21H34O5. The Bertz CT molecular complexity index is 501. The number of hydrogen-bond donors (Lipinski definition) is 4. The van der Waals surface area contributed by atoms with Gasteiger partial charge in [-0.15, -0.1) is 0 Å². The molecule has 2 rings (SSSR count). The number of rotatable bonds is 11. The molecule has 4 N–H and O–H groups in total. The highest BCUT2D eigenvalue weighted by atomic mass is 16.4. The number of carboxylic acid groups (broad SMARTS) is 1. The highest BCUT2D eigenvalue weighted by molar-refractivity contribution is 5.66. The van der Waals surface area contributed by atoms with Crippen LogP contribution in [0.4, 0.5) is 0 Å². The molecule has 0 aliphatic heterocycles. The fourth-order valence-electron chi connectivity index (χ4n) is 4.19. The van der Waals surface area contributed by atoms with Crippen molar-refractivity contribution < 1.29 is 25.2 Å². The molecule has 3 unspecified atom stereocenters. The SMILES string of the molecule is CCC1CC1CC(O)/C=C/[C@@H]1[C@@H](C/C=C\CCCC(=O)O)[C@@H](O)C[C@H]1O. The van der Waals surface area contributed by atoms with Gasteiger partial charge in [-0.05, 0) is 49.9 Å². The lowest BCUT2D eigenvalue weighted by Crippen LogP contribution is -2.20. The molecule has 2 aliphatic rings. The van der Waals surface area contributed by atoms with E-state index in [4.69, 9.17) is 5.11 Å². The molecule has 2 aliphatic carbocycles. The predicted molar refractivity (Wildman–Crippen MR) is 101 cm³/mol. The lowest BCUT2D eigenvalue weighted by molar-refractivity contribution is -0.137. The van der Waals surface area contributed by atoms with Crippen LogP contribution in [0.15, 0.2) is 24.3 Å². The molecule has 0 saturated heterocycles. The van der Waals surface area contributed by atoms with Crippen molar-refractivity contribution in [1.29, 1.82) is 0 Å². The first-order chi connectivity index (χ1) is 12.4. The molecule has 0 amide bonds. The van der Waals surface area contributed by atoms with E-state index in [2.05, 4.69) is 6.92 Å². The molecule has 5 nitrogen and oxygen atoms in total. The molecule has 0 aromatic carbocycles. The van der Waals surface area contributed by atoms with E-state index in [9.17, 15) is 20.1 Å². The molecule has 0 radical (unpaired) electrons. The minimum Gasteiger partial charge on any atom is -0.481 e. The number of aliphatic hydroxyl groups is 3. The van der Waals surface area contributed by atoms with Gasteiger partial charge in [0.05, 0.1) is 18.3 Å². The number of allylic oxidation sites excluding steroid dienone is 2. The lowest BCUT2D eigenvalue weighted by atomic mass is 9.89. The number of carboxylic acids is 1. The van der Waals surface area contributed by atoms with Gasteiger partial charge in [0.15, 0.2) is 0 Å². The van der Waals surface area contributed by atoms with Gasteiger partial charge in [-0.25, -0.2) is 0 Å². The molecule has 7 atom stereocenters. The molecular weight excluding hydrogens is 332 g/mol. The molecule has 5 heteroatoms. The molecule has 0 bridgehead atoms. The summed E-state index contributed by atoms with van der Waals surface area (Å²) in [6.45, 7) is 2.18. The number of unbranched alkanes of at least 4 members (excludes halogenated alkanes) is 1. The van der Waals surface area contributed by atoms with Gasteiger partial charge < -0.3 is 20.4 Å². The third-order valence-electron chi connectivity index (χ3n) is 5.95. The van der Waals surface area contributed by atoms with E-state index in [-0.39, 0.29) is 18.3 Å². The minimum atomic E-state index is -0.784. The fourth-order valence-corrected chi connectivity index (χ4v) is 4.19. The van der Waals surface area contributed by atoms with Crippen LogP contribution in [-0.4, -0.2) is 44.7 Å². The third kappa shape index (κ3) is 6.53. The Morgan fingerprint density at radius 3 is 2.58 bits per heavy atom. The van der Waals surface area contributed by atoms with Crippen molar-refractivity contribution in [3.05, 3.63) is 24.3 Å². The van der Waals surface area contributed by atoms with E-state index in [0.717, 1.165) is 12.3 Å². The second-order valence-electron chi connectivity index (χ2n) is 7.96. The van der Waals surface area contributed by atoms with Crippen LogP contribution >= 0.6 is 0 Å². The highest BCUT2D eigenvalue weighted by Gasteiger charge is 2.40. The third-order valence-corrected chi connectivity index (χ3v) is 5.95. The summed E-state index contributed by atoms with van der Waals surface area (Å²) >= 11 is 0. The molecule has 2 saturated carbocycles. The molecule has 148 valence electrons. The van der Waals surface area contributed by atoms with Gasteiger partial charge in [0.25, 0.3) is 0 Å². The average Bonchev–Trinajstić information content (AvgIpc) is 3.27. The van der Waals surface area contributed by atoms with Crippen LogP contribution in [0.25, 0.3) is 0 Å². The Morgan fingerprint density at radius 2 is 1.92 bits per heavy atom. The lowest BCUT2D eigenvalue weighted by Gasteiger charge is -2.19. The number of hydrogen-bond acceptors (Lipinski definition) is 4.